The smallest absolute Gasteiger partial charge is 0 e. The Morgan fingerprint density at radius 3 is 1.86 bits per heavy atom. The van der Waals surface area contributed by atoms with Gasteiger partial charge in [-0.1, -0.05) is 60.9 Å². The normalized spacial score (nSPS) is 11.8. The van der Waals surface area contributed by atoms with Gasteiger partial charge in [0.25, 0.3) is 0 Å². The summed E-state index contributed by atoms with van der Waals surface area (Å²) in [5.41, 5.74) is 4.19. The van der Waals surface area contributed by atoms with Gasteiger partial charge in [0, 0.05) is 25.8 Å². The molecule has 0 bridgehead atoms. The molecule has 0 heterocycles. The fourth-order valence-electron chi connectivity index (χ4n) is 2.76. The monoisotopic (exact) mass is 539 g/mol. The van der Waals surface area contributed by atoms with E-state index in [2.05, 4.69) is 66.7 Å². The van der Waals surface area contributed by atoms with Crippen LogP contribution in [-0.2, 0) is 32.3 Å². The van der Waals surface area contributed by atoms with Gasteiger partial charge in [0.15, 0.2) is 0 Å². The van der Waals surface area contributed by atoms with Crippen LogP contribution in [0.5, 0.6) is 0 Å². The Morgan fingerprint density at radius 2 is 1.29 bits per heavy atom. The summed E-state index contributed by atoms with van der Waals surface area (Å²) in [5, 5.41) is 0. The Balaban J connectivity index is -0.000000233. The summed E-state index contributed by atoms with van der Waals surface area (Å²) < 4.78 is 0. The third-order valence-corrected chi connectivity index (χ3v) is 3.93. The van der Waals surface area contributed by atoms with Gasteiger partial charge >= 0.3 is 0 Å². The van der Waals surface area contributed by atoms with Crippen molar-refractivity contribution >= 4 is 6.08 Å². The van der Waals surface area contributed by atoms with Crippen molar-refractivity contribution in [3.8, 4) is 0 Å². The van der Waals surface area contributed by atoms with Crippen molar-refractivity contribution in [3.05, 3.63) is 145 Å². The molecule has 0 amide bonds. The van der Waals surface area contributed by atoms with Crippen LogP contribution in [0.1, 0.15) is 29.0 Å². The maximum Gasteiger partial charge on any atom is 0 e. The van der Waals surface area contributed by atoms with Crippen LogP contribution >= 0.6 is 0 Å². The maximum absolute atomic E-state index is 3.47. The Labute approximate surface area is 194 Å². The molecule has 0 saturated heterocycles. The van der Waals surface area contributed by atoms with E-state index in [4.69, 9.17) is 0 Å². The minimum atomic E-state index is 0. The molecule has 1 heteroatoms. The Kier molecular flexibility index (Phi) is 22.7. The van der Waals surface area contributed by atoms with Gasteiger partial charge in [-0.2, -0.15) is 23.8 Å². The number of hydrogen-bond donors (Lipinski definition) is 0. The quantitative estimate of drug-likeness (QED) is 0.235. The fraction of sp³-hybridized carbons (Fsp3) is 0.111. The SMILES string of the molecule is [C-]1=Cc2ccccc2C1CCc1ccccc1.[CH3-].[CH3-].[CH3-].[CH3-].[CH3-].[Hf].c1cc[cH-]c1. The van der Waals surface area contributed by atoms with Crippen LogP contribution in [0.2, 0.25) is 0 Å². The summed E-state index contributed by atoms with van der Waals surface area (Å²) in [6.07, 6.45) is 7.87. The van der Waals surface area contributed by atoms with E-state index >= 15 is 0 Å². The number of rotatable bonds is 3. The van der Waals surface area contributed by atoms with Gasteiger partial charge in [0.2, 0.25) is 0 Å². The minimum absolute atomic E-state index is 0. The average molecular weight is 538 g/mol. The van der Waals surface area contributed by atoms with E-state index in [0.717, 1.165) is 12.8 Å². The third-order valence-electron chi connectivity index (χ3n) is 3.93. The van der Waals surface area contributed by atoms with E-state index < -0.39 is 0 Å². The van der Waals surface area contributed by atoms with E-state index in [-0.39, 0.29) is 63.0 Å². The summed E-state index contributed by atoms with van der Waals surface area (Å²) in [7, 11) is 0. The maximum atomic E-state index is 3.47. The van der Waals surface area contributed by atoms with E-state index in [9.17, 15) is 0 Å². The standard InChI is InChI=1S/C17H15.C5H5.5CH3.Hf/c1-2-6-14(7-3-1)10-11-16-13-12-15-8-4-5-9-17(15)16;1-2-4-5-3-1;;;;;;/h1-9,12,16H,10-11H2;1-5H;5*1H3;/q7*-1;. The molecule has 0 saturated carbocycles. The van der Waals surface area contributed by atoms with Gasteiger partial charge in [-0.15, -0.1) is 11.6 Å². The summed E-state index contributed by atoms with van der Waals surface area (Å²) in [4.78, 5) is 0. The van der Waals surface area contributed by atoms with Crippen molar-refractivity contribution in [2.75, 3.05) is 0 Å². The second kappa shape index (κ2) is 18.7. The average Bonchev–Trinajstić information content (AvgIpc) is 3.27. The zero-order valence-corrected chi connectivity index (χ0v) is 21.7. The molecule has 1 aliphatic rings. The number of aryl methyl sites for hydroxylation is 1. The predicted octanol–water partition coefficient (Wildman–Crippen LogP) is 7.89. The zero-order valence-electron chi connectivity index (χ0n) is 18.2. The van der Waals surface area contributed by atoms with Gasteiger partial charge in [-0.05, 0) is 12.0 Å². The predicted molar refractivity (Wildman–Crippen MR) is 126 cm³/mol. The molecular formula is C27H35Hf-7. The van der Waals surface area contributed by atoms with Crippen molar-refractivity contribution in [2.45, 2.75) is 18.8 Å². The molecule has 154 valence electrons. The van der Waals surface area contributed by atoms with Gasteiger partial charge in [0.1, 0.15) is 0 Å². The molecule has 0 N–H and O–H groups in total. The van der Waals surface area contributed by atoms with Gasteiger partial charge in [-0.3, -0.25) is 6.08 Å². The molecule has 1 atom stereocenters. The molecule has 0 aromatic heterocycles. The van der Waals surface area contributed by atoms with Crippen LogP contribution < -0.4 is 0 Å². The molecule has 0 radical (unpaired) electrons. The molecule has 0 fully saturated rings. The van der Waals surface area contributed by atoms with Gasteiger partial charge in [0.05, 0.1) is 0 Å². The minimum Gasteiger partial charge on any atom is -0.358 e. The molecule has 0 aliphatic heterocycles. The first-order chi connectivity index (χ1) is 10.9. The Hall–Kier alpha value is -1.60. The van der Waals surface area contributed by atoms with Crippen molar-refractivity contribution in [3.63, 3.8) is 0 Å². The zero-order chi connectivity index (χ0) is 15.0. The van der Waals surface area contributed by atoms with Crippen LogP contribution in [0, 0.1) is 43.2 Å². The molecule has 28 heavy (non-hydrogen) atoms. The van der Waals surface area contributed by atoms with Crippen molar-refractivity contribution in [2.24, 2.45) is 0 Å². The van der Waals surface area contributed by atoms with Crippen LogP contribution in [-0.4, -0.2) is 0 Å². The van der Waals surface area contributed by atoms with Gasteiger partial charge in [-0.25, -0.2) is 18.2 Å². The molecule has 4 rings (SSSR count). The molecule has 0 nitrogen and oxygen atoms in total. The van der Waals surface area contributed by atoms with Crippen LogP contribution in [0.25, 0.3) is 6.08 Å². The van der Waals surface area contributed by atoms with E-state index in [1.807, 2.05) is 30.3 Å². The molecule has 1 aliphatic carbocycles. The van der Waals surface area contributed by atoms with Crippen molar-refractivity contribution in [1.82, 2.24) is 0 Å². The summed E-state index contributed by atoms with van der Waals surface area (Å²) >= 11 is 0. The number of fused-ring (bicyclic) bond motifs is 1. The largest absolute Gasteiger partial charge is 0.358 e. The van der Waals surface area contributed by atoms with Crippen molar-refractivity contribution in [1.29, 1.82) is 0 Å². The van der Waals surface area contributed by atoms with E-state index in [1.54, 1.807) is 0 Å². The third kappa shape index (κ3) is 10.1. The number of allylic oxidation sites excluding steroid dienone is 1. The fourth-order valence-corrected chi connectivity index (χ4v) is 2.76. The van der Waals surface area contributed by atoms with E-state index in [1.165, 1.54) is 16.7 Å². The molecule has 3 aromatic rings. The second-order valence-corrected chi connectivity index (χ2v) is 5.48. The first-order valence-corrected chi connectivity index (χ1v) is 7.82. The first-order valence-electron chi connectivity index (χ1n) is 7.82. The summed E-state index contributed by atoms with van der Waals surface area (Å²) in [6.45, 7) is 0. The number of benzene rings is 2. The number of hydrogen-bond acceptors (Lipinski definition) is 0. The van der Waals surface area contributed by atoms with E-state index in [0.29, 0.717) is 5.92 Å². The summed E-state index contributed by atoms with van der Waals surface area (Å²) in [5.74, 6) is 0.478. The molecule has 1 unspecified atom stereocenters. The topological polar surface area (TPSA) is 0 Å². The molecule has 3 aromatic carbocycles. The van der Waals surface area contributed by atoms with Crippen molar-refractivity contribution < 1.29 is 25.8 Å². The Bertz CT molecular complexity index is 679. The van der Waals surface area contributed by atoms with Gasteiger partial charge < -0.3 is 37.1 Å². The first kappa shape index (κ1) is 33.9. The van der Waals surface area contributed by atoms with Crippen LogP contribution in [0.15, 0.2) is 84.9 Å². The summed E-state index contributed by atoms with van der Waals surface area (Å²) in [6, 6.07) is 29.3. The second-order valence-electron chi connectivity index (χ2n) is 5.48. The molecule has 0 spiro atoms. The van der Waals surface area contributed by atoms with Crippen LogP contribution in [0.4, 0.5) is 0 Å². The van der Waals surface area contributed by atoms with Crippen LogP contribution in [0.3, 0.4) is 0 Å². The molecular weight excluding hydrogens is 503 g/mol. The Morgan fingerprint density at radius 1 is 0.714 bits per heavy atom.